The van der Waals surface area contributed by atoms with Crippen LogP contribution in [0.2, 0.25) is 18.1 Å². The van der Waals surface area contributed by atoms with Gasteiger partial charge in [-0.2, -0.15) is 0 Å². The monoisotopic (exact) mass is 1020 g/mol. The van der Waals surface area contributed by atoms with Gasteiger partial charge in [-0.15, -0.1) is 0 Å². The first-order valence-corrected chi connectivity index (χ1v) is 29.0. The van der Waals surface area contributed by atoms with Crippen molar-refractivity contribution < 1.29 is 52.2 Å². The summed E-state index contributed by atoms with van der Waals surface area (Å²) in [5.74, 6) is 0.315. The Morgan fingerprint density at radius 3 is 1.15 bits per heavy atom. The minimum atomic E-state index is -2.62. The number of benzene rings is 6. The summed E-state index contributed by atoms with van der Waals surface area (Å²) in [4.78, 5) is 0. The number of aliphatic hydroxyl groups is 1. The Bertz CT molecular complexity index is 2490. The van der Waals surface area contributed by atoms with Gasteiger partial charge in [0, 0.05) is 0 Å². The number of hydrogen-bond donors (Lipinski definition) is 1. The van der Waals surface area contributed by atoms with E-state index in [2.05, 4.69) is 40.8 Å². The van der Waals surface area contributed by atoms with Gasteiger partial charge in [0.1, 0.15) is 48.8 Å². The first-order valence-electron chi connectivity index (χ1n) is 26.1. The molecule has 2 aliphatic rings. The van der Waals surface area contributed by atoms with Crippen molar-refractivity contribution in [2.75, 3.05) is 13.2 Å². The van der Waals surface area contributed by atoms with E-state index < -0.39 is 69.7 Å². The van der Waals surface area contributed by atoms with Gasteiger partial charge in [0.15, 0.2) is 20.9 Å². The SMILES string of the molecule is CC(C)C(C)(C)[Si](C)(C)O[C@@H]1O[C@H](COCc2ccccc2)[C@@H](O[C@@H]2O[C@H](COCc3ccccc3)[C@H](OCc3ccccc3)[C@H](O)[C@H]2OCc2ccccc2)[C@H](OCc2ccccc2)[C@H]1OCc1ccccc1. The van der Waals surface area contributed by atoms with Gasteiger partial charge in [-0.3, -0.25) is 0 Å². The van der Waals surface area contributed by atoms with Crippen LogP contribution in [0.3, 0.4) is 0 Å². The van der Waals surface area contributed by atoms with Crippen LogP contribution >= 0.6 is 0 Å². The van der Waals surface area contributed by atoms with Crippen LogP contribution in [0.5, 0.6) is 0 Å². The molecule has 12 heteroatoms. The highest BCUT2D eigenvalue weighted by atomic mass is 28.4. The standard InChI is InChI=1S/C62H76O11Si/c1-45(2)62(3,4)74(5,6)73-61-59(69-42-51-35-23-12-24-36-51)58(68-41-50-33-21-11-22-34-50)56(53(71-61)44-65-38-47-27-15-8-16-28-47)72-60-57(67-40-49-31-19-10-20-32-49)54(63)55(66-39-48-29-17-9-18-30-48)52(70-60)43-64-37-46-25-13-7-14-26-46/h7-36,45,52-61,63H,37-44H2,1-6H3/t52-,53-,54+,55+,56-,57-,58+,59-,60+,61+/m1/s1. The molecule has 0 bridgehead atoms. The zero-order chi connectivity index (χ0) is 51.8. The van der Waals surface area contributed by atoms with Crippen molar-refractivity contribution in [2.24, 2.45) is 5.92 Å². The summed E-state index contributed by atoms with van der Waals surface area (Å²) in [7, 11) is -2.62. The van der Waals surface area contributed by atoms with Gasteiger partial charge in [0.25, 0.3) is 0 Å². The first-order chi connectivity index (χ1) is 35.9. The summed E-state index contributed by atoms with van der Waals surface area (Å²) in [6.45, 7) is 15.2. The van der Waals surface area contributed by atoms with Gasteiger partial charge in [-0.1, -0.05) is 210 Å². The highest BCUT2D eigenvalue weighted by Gasteiger charge is 2.56. The highest BCUT2D eigenvalue weighted by Crippen LogP contribution is 2.47. The quantitative estimate of drug-likeness (QED) is 0.0524. The van der Waals surface area contributed by atoms with Crippen LogP contribution < -0.4 is 0 Å². The first kappa shape index (κ1) is 55.3. The van der Waals surface area contributed by atoms with Gasteiger partial charge >= 0.3 is 0 Å². The van der Waals surface area contributed by atoms with Crippen LogP contribution in [-0.2, 0) is 86.7 Å². The largest absolute Gasteiger partial charge is 0.390 e. The van der Waals surface area contributed by atoms with Crippen LogP contribution in [0.25, 0.3) is 0 Å². The Kier molecular flexibility index (Phi) is 20.4. The van der Waals surface area contributed by atoms with E-state index >= 15 is 0 Å². The maximum Gasteiger partial charge on any atom is 0.196 e. The molecule has 6 aromatic carbocycles. The maximum atomic E-state index is 12.8. The molecule has 74 heavy (non-hydrogen) atoms. The number of aliphatic hydroxyl groups excluding tert-OH is 1. The van der Waals surface area contributed by atoms with Crippen molar-refractivity contribution in [2.45, 2.75) is 147 Å². The van der Waals surface area contributed by atoms with Crippen LogP contribution in [0.15, 0.2) is 182 Å². The van der Waals surface area contributed by atoms with E-state index in [9.17, 15) is 5.11 Å². The summed E-state index contributed by atoms with van der Waals surface area (Å²) < 4.78 is 69.8. The fourth-order valence-corrected chi connectivity index (χ4v) is 11.7. The molecule has 0 spiro atoms. The lowest BCUT2D eigenvalue weighted by Gasteiger charge is -2.52. The third-order valence-electron chi connectivity index (χ3n) is 14.8. The topological polar surface area (TPSA) is 113 Å². The van der Waals surface area contributed by atoms with Crippen LogP contribution in [-0.4, -0.2) is 88.0 Å². The van der Waals surface area contributed by atoms with Crippen molar-refractivity contribution >= 4 is 8.32 Å². The lowest BCUT2D eigenvalue weighted by atomic mass is 9.96. The van der Waals surface area contributed by atoms with Crippen LogP contribution in [0, 0.1) is 5.92 Å². The molecule has 2 saturated heterocycles. The Labute approximate surface area is 440 Å². The molecule has 0 aromatic heterocycles. The lowest BCUT2D eigenvalue weighted by Crippen LogP contribution is -2.67. The Morgan fingerprint density at radius 2 is 0.757 bits per heavy atom. The Hall–Kier alpha value is -4.90. The summed E-state index contributed by atoms with van der Waals surface area (Å²) in [6, 6.07) is 59.8. The summed E-state index contributed by atoms with van der Waals surface area (Å²) in [5.41, 5.74) is 5.81. The van der Waals surface area contributed by atoms with Gasteiger partial charge in [-0.05, 0) is 57.4 Å². The van der Waals surface area contributed by atoms with Crippen molar-refractivity contribution in [1.82, 2.24) is 0 Å². The van der Waals surface area contributed by atoms with Crippen LogP contribution in [0.1, 0.15) is 61.1 Å². The molecule has 2 aliphatic heterocycles. The zero-order valence-corrected chi connectivity index (χ0v) is 44.9. The molecule has 0 radical (unpaired) electrons. The minimum Gasteiger partial charge on any atom is -0.390 e. The van der Waals surface area contributed by atoms with E-state index in [1.807, 2.05) is 182 Å². The Balaban J connectivity index is 1.19. The van der Waals surface area contributed by atoms with Crippen LogP contribution in [0.4, 0.5) is 0 Å². The molecule has 0 unspecified atom stereocenters. The van der Waals surface area contributed by atoms with E-state index in [1.54, 1.807) is 0 Å². The second kappa shape index (κ2) is 27.2. The number of hydrogen-bond acceptors (Lipinski definition) is 11. The third kappa shape index (κ3) is 15.2. The second-order valence-corrected chi connectivity index (χ2v) is 25.3. The van der Waals surface area contributed by atoms with E-state index in [-0.39, 0.29) is 44.7 Å². The average Bonchev–Trinajstić information content (AvgIpc) is 3.42. The molecule has 6 aromatic rings. The van der Waals surface area contributed by atoms with Crippen molar-refractivity contribution in [1.29, 1.82) is 0 Å². The molecule has 10 atom stereocenters. The van der Waals surface area contributed by atoms with Crippen molar-refractivity contribution in [3.05, 3.63) is 215 Å². The zero-order valence-electron chi connectivity index (χ0n) is 43.9. The predicted molar refractivity (Wildman–Crippen MR) is 288 cm³/mol. The molecule has 8 rings (SSSR count). The van der Waals surface area contributed by atoms with Crippen molar-refractivity contribution in [3.63, 3.8) is 0 Å². The normalized spacial score (nSPS) is 24.5. The molecule has 394 valence electrons. The second-order valence-electron chi connectivity index (χ2n) is 20.7. The molecule has 2 heterocycles. The molecule has 1 N–H and O–H groups in total. The molecule has 0 aliphatic carbocycles. The molecule has 0 saturated carbocycles. The minimum absolute atomic E-state index is 0.0828. The van der Waals surface area contributed by atoms with E-state index in [4.69, 9.17) is 47.1 Å². The fraction of sp³-hybridized carbons (Fsp3) is 0.419. The average molecular weight is 1030 g/mol. The van der Waals surface area contributed by atoms with Crippen molar-refractivity contribution in [3.8, 4) is 0 Å². The number of rotatable bonds is 26. The van der Waals surface area contributed by atoms with E-state index in [0.29, 0.717) is 19.1 Å². The fourth-order valence-electron chi connectivity index (χ4n) is 9.25. The maximum absolute atomic E-state index is 12.8. The smallest absolute Gasteiger partial charge is 0.196 e. The molecule has 11 nitrogen and oxygen atoms in total. The predicted octanol–water partition coefficient (Wildman–Crippen LogP) is 11.6. The number of ether oxygens (including phenoxy) is 9. The summed E-state index contributed by atoms with van der Waals surface area (Å²) in [5, 5.41) is 12.6. The summed E-state index contributed by atoms with van der Waals surface area (Å²) in [6.07, 6.45) is -9.40. The lowest BCUT2D eigenvalue weighted by molar-refractivity contribution is -0.370. The van der Waals surface area contributed by atoms with E-state index in [1.165, 1.54) is 0 Å². The Morgan fingerprint density at radius 1 is 0.432 bits per heavy atom. The van der Waals surface area contributed by atoms with Gasteiger partial charge < -0.3 is 52.2 Å². The third-order valence-corrected chi connectivity index (χ3v) is 19.3. The van der Waals surface area contributed by atoms with Gasteiger partial charge in [0.05, 0.1) is 52.9 Å². The van der Waals surface area contributed by atoms with Gasteiger partial charge in [0.2, 0.25) is 0 Å². The molecule has 2 fully saturated rings. The summed E-state index contributed by atoms with van der Waals surface area (Å²) >= 11 is 0. The highest BCUT2D eigenvalue weighted by molar-refractivity contribution is 6.74. The molecule has 0 amide bonds. The molecular formula is C62H76O11Si. The van der Waals surface area contributed by atoms with E-state index in [0.717, 1.165) is 33.4 Å². The molecular weight excluding hydrogens is 949 g/mol. The van der Waals surface area contributed by atoms with Gasteiger partial charge in [-0.25, -0.2) is 0 Å².